The Bertz CT molecular complexity index is 4180. The van der Waals surface area contributed by atoms with Crippen LogP contribution < -0.4 is 4.74 Å². The SMILES string of the molecule is CC(C)(C)c1ccnc(-n2c3[c-]c(Oc4[c-]c5c(cc4)c4cc(-n6c7ccccc7c7ccccc76)ccc4n5-c4cc(C(C)(C)C)ccn4)ccc3c3cc(-n4c5ccccc5c5ccccc54)ccc32)c1.[Pt+2]. The molecular weight excluding hydrogens is 1090 g/mol. The summed E-state index contributed by atoms with van der Waals surface area (Å²) in [5, 5.41) is 9.22. The van der Waals surface area contributed by atoms with Crippen LogP contribution in [0.15, 0.2) is 194 Å². The van der Waals surface area contributed by atoms with Crippen LogP contribution in [0.2, 0.25) is 0 Å². The molecule has 8 aromatic carbocycles. The summed E-state index contributed by atoms with van der Waals surface area (Å²) < 4.78 is 16.1. The number of benzene rings is 8. The van der Waals surface area contributed by atoms with Gasteiger partial charge in [-0.15, -0.1) is 35.0 Å². The molecule has 0 spiro atoms. The van der Waals surface area contributed by atoms with E-state index in [1.54, 1.807) is 0 Å². The molecule has 0 aliphatic carbocycles. The molecule has 0 aliphatic heterocycles. The first kappa shape index (κ1) is 45.6. The van der Waals surface area contributed by atoms with E-state index < -0.39 is 0 Å². The number of aromatic nitrogens is 6. The van der Waals surface area contributed by atoms with Crippen LogP contribution in [0.4, 0.5) is 0 Å². The van der Waals surface area contributed by atoms with Crippen LogP contribution in [0.25, 0.3) is 110 Å². The third-order valence-electron chi connectivity index (χ3n) is 14.8. The number of fused-ring (bicyclic) bond motifs is 12. The van der Waals surface area contributed by atoms with E-state index in [1.807, 2.05) is 24.5 Å². The fraction of sp³-hybridized carbons (Fsp3) is 0.121. The van der Waals surface area contributed by atoms with Gasteiger partial charge in [-0.3, -0.25) is 0 Å². The normalized spacial score (nSPS) is 12.4. The van der Waals surface area contributed by atoms with Crippen LogP contribution in [0.5, 0.6) is 11.5 Å². The van der Waals surface area contributed by atoms with E-state index in [2.05, 4.69) is 242 Å². The van der Waals surface area contributed by atoms with Gasteiger partial charge >= 0.3 is 21.1 Å². The Morgan fingerprint density at radius 3 is 1.07 bits per heavy atom. The fourth-order valence-corrected chi connectivity index (χ4v) is 11.2. The van der Waals surface area contributed by atoms with Gasteiger partial charge in [0.25, 0.3) is 0 Å². The maximum atomic E-state index is 6.90. The molecule has 360 valence electrons. The van der Waals surface area contributed by atoms with Crippen LogP contribution in [0.3, 0.4) is 0 Å². The zero-order chi connectivity index (χ0) is 49.3. The van der Waals surface area contributed by atoms with E-state index in [0.29, 0.717) is 11.5 Å². The Balaban J connectivity index is 0.00000528. The standard InChI is InChI=1S/C66H50N6O.Pt/c1-65(2,3)41-31-33-67-63(35-41)71-59-29-23-43(69-55-19-11-7-15-47(55)48-16-8-12-20-56(48)69)37-53(59)51-27-25-45(39-61(51)71)73-46-26-28-52-54-38-44(70-57-21-13-9-17-49(57)50-18-10-14-22-58(50)70)24-30-60(54)72(62(52)40-46)64-36-42(32-34-68-64)66(4,5)6;/h7-38H,1-6H3;/q-2;+2. The zero-order valence-corrected chi connectivity index (χ0v) is 44.2. The molecule has 8 heteroatoms. The summed E-state index contributed by atoms with van der Waals surface area (Å²) in [4.78, 5) is 10.0. The van der Waals surface area contributed by atoms with E-state index >= 15 is 0 Å². The molecule has 7 nitrogen and oxygen atoms in total. The van der Waals surface area contributed by atoms with Crippen LogP contribution in [0.1, 0.15) is 52.7 Å². The third-order valence-corrected chi connectivity index (χ3v) is 14.8. The van der Waals surface area contributed by atoms with Gasteiger partial charge < -0.3 is 23.0 Å². The summed E-state index contributed by atoms with van der Waals surface area (Å²) in [5.41, 5.74) is 12.9. The molecule has 0 N–H and O–H groups in total. The van der Waals surface area contributed by atoms with E-state index in [4.69, 9.17) is 14.7 Å². The molecule has 0 saturated carbocycles. The smallest absolute Gasteiger partial charge is 0.509 e. The molecule has 0 atom stereocenters. The quantitative estimate of drug-likeness (QED) is 0.156. The molecule has 14 rings (SSSR count). The molecule has 0 radical (unpaired) electrons. The fourth-order valence-electron chi connectivity index (χ4n) is 11.2. The van der Waals surface area contributed by atoms with E-state index in [9.17, 15) is 0 Å². The molecule has 6 heterocycles. The minimum absolute atomic E-state index is 0. The zero-order valence-electron chi connectivity index (χ0n) is 41.9. The Kier molecular flexibility index (Phi) is 10.4. The van der Waals surface area contributed by atoms with Crippen LogP contribution >= 0.6 is 0 Å². The summed E-state index contributed by atoms with van der Waals surface area (Å²) in [6.07, 6.45) is 3.84. The molecule has 0 fully saturated rings. The largest absolute Gasteiger partial charge is 2.00 e. The molecule has 0 amide bonds. The second kappa shape index (κ2) is 16.9. The van der Waals surface area contributed by atoms with Crippen molar-refractivity contribution in [2.45, 2.75) is 52.4 Å². The van der Waals surface area contributed by atoms with Crippen molar-refractivity contribution >= 4 is 87.2 Å². The first-order chi connectivity index (χ1) is 35.5. The Labute approximate surface area is 443 Å². The molecule has 0 saturated heterocycles. The Hall–Kier alpha value is -8.25. The minimum atomic E-state index is -0.0781. The van der Waals surface area contributed by atoms with Crippen LogP contribution in [0, 0.1) is 12.1 Å². The maximum Gasteiger partial charge on any atom is 2.00 e. The van der Waals surface area contributed by atoms with Gasteiger partial charge in [0.2, 0.25) is 0 Å². The molecule has 74 heavy (non-hydrogen) atoms. The average Bonchev–Trinajstić information content (AvgIpc) is 4.13. The molecule has 0 unspecified atom stereocenters. The van der Waals surface area contributed by atoms with Crippen LogP contribution in [-0.4, -0.2) is 28.2 Å². The van der Waals surface area contributed by atoms with Crippen molar-refractivity contribution < 1.29 is 25.8 Å². The molecule has 0 aliphatic rings. The maximum absolute atomic E-state index is 6.90. The Morgan fingerprint density at radius 1 is 0.351 bits per heavy atom. The second-order valence-corrected chi connectivity index (χ2v) is 21.4. The number of ether oxygens (including phenoxy) is 1. The predicted octanol–water partition coefficient (Wildman–Crippen LogP) is 16.9. The van der Waals surface area contributed by atoms with E-state index in [1.165, 1.54) is 54.7 Å². The van der Waals surface area contributed by atoms with Gasteiger partial charge in [-0.25, -0.2) is 9.97 Å². The van der Waals surface area contributed by atoms with Crippen LogP contribution in [-0.2, 0) is 31.9 Å². The van der Waals surface area contributed by atoms with E-state index in [0.717, 1.165) is 66.6 Å². The first-order valence-electron chi connectivity index (χ1n) is 25.1. The van der Waals surface area contributed by atoms with E-state index in [-0.39, 0.29) is 31.9 Å². The van der Waals surface area contributed by atoms with Crippen molar-refractivity contribution in [1.82, 2.24) is 28.2 Å². The van der Waals surface area contributed by atoms with Crippen molar-refractivity contribution in [1.29, 1.82) is 0 Å². The van der Waals surface area contributed by atoms with Gasteiger partial charge in [-0.05, 0) is 118 Å². The van der Waals surface area contributed by atoms with Gasteiger partial charge in [-0.1, -0.05) is 125 Å². The number of nitrogens with zero attached hydrogens (tertiary/aromatic N) is 6. The minimum Gasteiger partial charge on any atom is -0.509 e. The van der Waals surface area contributed by atoms with Crippen molar-refractivity contribution in [3.63, 3.8) is 0 Å². The summed E-state index contributed by atoms with van der Waals surface area (Å²) in [6, 6.07) is 72.7. The number of rotatable bonds is 6. The molecule has 6 aromatic heterocycles. The molecule has 0 bridgehead atoms. The topological polar surface area (TPSA) is 54.7 Å². The van der Waals surface area contributed by atoms with Gasteiger partial charge in [-0.2, -0.15) is 12.1 Å². The van der Waals surface area contributed by atoms with Crippen molar-refractivity contribution in [2.75, 3.05) is 0 Å². The van der Waals surface area contributed by atoms with Gasteiger partial charge in [0.15, 0.2) is 0 Å². The number of pyridine rings is 2. The second-order valence-electron chi connectivity index (χ2n) is 21.4. The number of hydrogen-bond acceptors (Lipinski definition) is 3. The number of hydrogen-bond donors (Lipinski definition) is 0. The van der Waals surface area contributed by atoms with Gasteiger partial charge in [0.1, 0.15) is 11.6 Å². The van der Waals surface area contributed by atoms with Crippen molar-refractivity contribution in [3.05, 3.63) is 218 Å². The summed E-state index contributed by atoms with van der Waals surface area (Å²) in [6.45, 7) is 13.4. The summed E-state index contributed by atoms with van der Waals surface area (Å²) >= 11 is 0. The average molecular weight is 1140 g/mol. The molecule has 14 aromatic rings. The molecular formula is C66H50N6OPt. The van der Waals surface area contributed by atoms with Crippen molar-refractivity contribution in [2.24, 2.45) is 0 Å². The predicted molar refractivity (Wildman–Crippen MR) is 301 cm³/mol. The summed E-state index contributed by atoms with van der Waals surface area (Å²) in [7, 11) is 0. The third kappa shape index (κ3) is 7.12. The summed E-state index contributed by atoms with van der Waals surface area (Å²) in [5.74, 6) is 2.80. The monoisotopic (exact) mass is 1140 g/mol. The number of para-hydroxylation sites is 4. The van der Waals surface area contributed by atoms with Crippen molar-refractivity contribution in [3.8, 4) is 34.5 Å². The first-order valence-corrected chi connectivity index (χ1v) is 25.1. The Morgan fingerprint density at radius 2 is 0.703 bits per heavy atom. The van der Waals surface area contributed by atoms with Gasteiger partial charge in [0, 0.05) is 67.8 Å². The van der Waals surface area contributed by atoms with Gasteiger partial charge in [0.05, 0.1) is 22.1 Å².